The quantitative estimate of drug-likeness (QED) is 0.317. The maximum Gasteiger partial charge on any atom is 0.191 e. The molecule has 1 aliphatic rings. The number of anilines is 1. The van der Waals surface area contributed by atoms with Crippen molar-refractivity contribution in [1.82, 2.24) is 20.4 Å². The van der Waals surface area contributed by atoms with Crippen molar-refractivity contribution in [2.75, 3.05) is 38.8 Å². The van der Waals surface area contributed by atoms with Crippen molar-refractivity contribution in [3.8, 4) is 0 Å². The fraction of sp³-hybridized carbons (Fsp3) is 0.524. The zero-order valence-electron chi connectivity index (χ0n) is 18.4. The average Bonchev–Trinajstić information content (AvgIpc) is 3.28. The highest BCUT2D eigenvalue weighted by Gasteiger charge is 2.27. The molecular weight excluding hydrogens is 517 g/mol. The van der Waals surface area contributed by atoms with Gasteiger partial charge >= 0.3 is 0 Å². The minimum Gasteiger partial charge on any atom is -0.383 e. The van der Waals surface area contributed by atoms with Crippen molar-refractivity contribution in [3.05, 3.63) is 46.8 Å². The third-order valence-electron chi connectivity index (χ3n) is 5.48. The normalized spacial score (nSPS) is 16.4. The Kier molecular flexibility index (Phi) is 9.48. The van der Waals surface area contributed by atoms with Crippen molar-refractivity contribution in [2.24, 2.45) is 4.99 Å². The van der Waals surface area contributed by atoms with Crippen LogP contribution in [0.3, 0.4) is 0 Å². The van der Waals surface area contributed by atoms with Crippen LogP contribution in [-0.2, 0) is 17.8 Å². The molecule has 1 fully saturated rings. The van der Waals surface area contributed by atoms with E-state index in [0.29, 0.717) is 38.7 Å². The summed E-state index contributed by atoms with van der Waals surface area (Å²) >= 11 is 0. The molecule has 2 heterocycles. The molecule has 1 aromatic heterocycles. The van der Waals surface area contributed by atoms with Crippen LogP contribution in [0.1, 0.15) is 23.4 Å². The molecule has 1 atom stereocenters. The Morgan fingerprint density at radius 3 is 2.65 bits per heavy atom. The lowest BCUT2D eigenvalue weighted by molar-refractivity contribution is 0.182. The highest BCUT2D eigenvalue weighted by atomic mass is 127. The summed E-state index contributed by atoms with van der Waals surface area (Å²) < 4.78 is 35.2. The number of rotatable bonds is 7. The first kappa shape index (κ1) is 25.3. The summed E-state index contributed by atoms with van der Waals surface area (Å²) in [4.78, 5) is 6.04. The van der Waals surface area contributed by atoms with E-state index in [1.807, 2.05) is 18.5 Å². The van der Waals surface area contributed by atoms with Gasteiger partial charge in [0.1, 0.15) is 17.3 Å². The van der Waals surface area contributed by atoms with E-state index >= 15 is 0 Å². The minimum absolute atomic E-state index is 0. The predicted molar refractivity (Wildman–Crippen MR) is 129 cm³/mol. The van der Waals surface area contributed by atoms with Crippen LogP contribution >= 0.6 is 24.0 Å². The van der Waals surface area contributed by atoms with E-state index in [1.54, 1.807) is 19.1 Å². The molecule has 1 aromatic carbocycles. The standard InChI is InChI=1S/C21H30F2N6O.HI/c1-14-17(15(2)29(27-14)10-11-30-4)12-25-21(24-3)26-16-8-9-28(13-16)20-18(22)6-5-7-19(20)23;/h5-7,16H,8-13H2,1-4H3,(H2,24,25,26);1H. The highest BCUT2D eigenvalue weighted by Crippen LogP contribution is 2.26. The number of nitrogens with zero attached hydrogens (tertiary/aromatic N) is 4. The molecular formula is C21H31F2IN6O. The Balaban J connectivity index is 0.00000341. The first-order chi connectivity index (χ1) is 14.4. The van der Waals surface area contributed by atoms with Gasteiger partial charge in [0, 0.05) is 51.1 Å². The Morgan fingerprint density at radius 2 is 2.00 bits per heavy atom. The third kappa shape index (κ3) is 6.06. The number of halogens is 3. The number of aryl methyl sites for hydroxylation is 1. The third-order valence-corrected chi connectivity index (χ3v) is 5.48. The highest BCUT2D eigenvalue weighted by molar-refractivity contribution is 14.0. The lowest BCUT2D eigenvalue weighted by Gasteiger charge is -2.21. The van der Waals surface area contributed by atoms with Gasteiger partial charge in [-0.1, -0.05) is 6.07 Å². The number of hydrogen-bond acceptors (Lipinski definition) is 4. The van der Waals surface area contributed by atoms with Gasteiger partial charge in [-0.25, -0.2) is 8.78 Å². The summed E-state index contributed by atoms with van der Waals surface area (Å²) in [7, 11) is 3.38. The molecule has 0 radical (unpaired) electrons. The maximum absolute atomic E-state index is 14.1. The van der Waals surface area contributed by atoms with Crippen LogP contribution < -0.4 is 15.5 Å². The van der Waals surface area contributed by atoms with Gasteiger partial charge in [-0.3, -0.25) is 9.67 Å². The van der Waals surface area contributed by atoms with E-state index in [9.17, 15) is 8.78 Å². The molecule has 172 valence electrons. The van der Waals surface area contributed by atoms with E-state index in [1.165, 1.54) is 18.2 Å². The molecule has 3 rings (SSSR count). The van der Waals surface area contributed by atoms with Crippen molar-refractivity contribution in [2.45, 2.75) is 39.4 Å². The first-order valence-corrected chi connectivity index (χ1v) is 10.1. The molecule has 1 unspecified atom stereocenters. The molecule has 2 aromatic rings. The van der Waals surface area contributed by atoms with Gasteiger partial charge in [-0.15, -0.1) is 24.0 Å². The topological polar surface area (TPSA) is 66.7 Å². The molecule has 10 heteroatoms. The van der Waals surface area contributed by atoms with Crippen molar-refractivity contribution < 1.29 is 13.5 Å². The van der Waals surface area contributed by atoms with Gasteiger partial charge in [-0.2, -0.15) is 5.10 Å². The van der Waals surface area contributed by atoms with E-state index < -0.39 is 11.6 Å². The zero-order valence-corrected chi connectivity index (χ0v) is 20.7. The monoisotopic (exact) mass is 548 g/mol. The molecule has 0 spiro atoms. The van der Waals surface area contributed by atoms with Crippen molar-refractivity contribution >= 4 is 35.6 Å². The Labute approximate surface area is 199 Å². The second-order valence-electron chi connectivity index (χ2n) is 7.44. The molecule has 0 bridgehead atoms. The van der Waals surface area contributed by atoms with Gasteiger partial charge in [-0.05, 0) is 32.4 Å². The molecule has 7 nitrogen and oxygen atoms in total. The van der Waals surface area contributed by atoms with Crippen LogP contribution in [0.15, 0.2) is 23.2 Å². The summed E-state index contributed by atoms with van der Waals surface area (Å²) in [6.45, 7) is 7.02. The van der Waals surface area contributed by atoms with E-state index in [2.05, 4.69) is 20.7 Å². The van der Waals surface area contributed by atoms with Gasteiger partial charge in [0.05, 0.1) is 18.8 Å². The number of nitrogens with one attached hydrogen (secondary N) is 2. The summed E-state index contributed by atoms with van der Waals surface area (Å²) in [5, 5.41) is 11.3. The number of methoxy groups -OCH3 is 1. The molecule has 0 saturated carbocycles. The van der Waals surface area contributed by atoms with E-state index in [0.717, 1.165) is 23.4 Å². The van der Waals surface area contributed by atoms with Gasteiger partial charge in [0.2, 0.25) is 0 Å². The second-order valence-corrected chi connectivity index (χ2v) is 7.44. The average molecular weight is 548 g/mol. The Morgan fingerprint density at radius 1 is 1.29 bits per heavy atom. The fourth-order valence-electron chi connectivity index (χ4n) is 3.82. The smallest absolute Gasteiger partial charge is 0.191 e. The van der Waals surface area contributed by atoms with Gasteiger partial charge in [0.25, 0.3) is 0 Å². The molecule has 31 heavy (non-hydrogen) atoms. The van der Waals surface area contributed by atoms with Crippen LogP contribution in [0.4, 0.5) is 14.5 Å². The van der Waals surface area contributed by atoms with Crippen molar-refractivity contribution in [1.29, 1.82) is 0 Å². The lowest BCUT2D eigenvalue weighted by Crippen LogP contribution is -2.44. The summed E-state index contributed by atoms with van der Waals surface area (Å²) in [6.07, 6.45) is 0.765. The number of ether oxygens (including phenoxy) is 1. The van der Waals surface area contributed by atoms with Crippen LogP contribution in [0.2, 0.25) is 0 Å². The number of hydrogen-bond donors (Lipinski definition) is 2. The predicted octanol–water partition coefficient (Wildman–Crippen LogP) is 2.99. The summed E-state index contributed by atoms with van der Waals surface area (Å²) in [6, 6.07) is 4.00. The van der Waals surface area contributed by atoms with E-state index in [-0.39, 0.29) is 35.7 Å². The van der Waals surface area contributed by atoms with Crippen molar-refractivity contribution in [3.63, 3.8) is 0 Å². The second kappa shape index (κ2) is 11.6. The number of benzene rings is 1. The van der Waals surface area contributed by atoms with Crippen LogP contribution in [-0.4, -0.2) is 55.6 Å². The van der Waals surface area contributed by atoms with Crippen LogP contribution in [0.5, 0.6) is 0 Å². The van der Waals surface area contributed by atoms with Crippen LogP contribution in [0.25, 0.3) is 0 Å². The fourth-order valence-corrected chi connectivity index (χ4v) is 3.82. The van der Waals surface area contributed by atoms with E-state index in [4.69, 9.17) is 4.74 Å². The summed E-state index contributed by atoms with van der Waals surface area (Å²) in [5.41, 5.74) is 3.22. The molecule has 1 saturated heterocycles. The molecule has 2 N–H and O–H groups in total. The minimum atomic E-state index is -0.533. The van der Waals surface area contributed by atoms with Crippen LogP contribution in [0, 0.1) is 25.5 Å². The molecule has 1 aliphatic heterocycles. The largest absolute Gasteiger partial charge is 0.383 e. The van der Waals surface area contributed by atoms with Gasteiger partial charge in [0.15, 0.2) is 5.96 Å². The lowest BCUT2D eigenvalue weighted by atomic mass is 10.2. The Hall–Kier alpha value is -1.95. The first-order valence-electron chi connectivity index (χ1n) is 10.1. The SMILES string of the molecule is CN=C(NCc1c(C)nn(CCOC)c1C)NC1CCN(c2c(F)cccc2F)C1.I. The maximum atomic E-state index is 14.1. The number of para-hydroxylation sites is 1. The molecule has 0 aliphatic carbocycles. The number of aromatic nitrogens is 2. The Bertz CT molecular complexity index is 884. The molecule has 0 amide bonds. The summed E-state index contributed by atoms with van der Waals surface area (Å²) in [5.74, 6) is -0.413. The number of aliphatic imine (C=N–C) groups is 1. The van der Waals surface area contributed by atoms with Gasteiger partial charge < -0.3 is 20.3 Å². The number of guanidine groups is 1. The zero-order chi connectivity index (χ0) is 21.7.